The van der Waals surface area contributed by atoms with Gasteiger partial charge in [0.05, 0.1) is 40.0 Å². The highest BCUT2D eigenvalue weighted by molar-refractivity contribution is 7.19. The second-order valence-corrected chi connectivity index (χ2v) is 13.4. The summed E-state index contributed by atoms with van der Waals surface area (Å²) in [4.78, 5) is 36.4. The number of carbonyl (C=O) groups excluding carboxylic acids is 2. The van der Waals surface area contributed by atoms with Crippen LogP contribution in [0.15, 0.2) is 24.4 Å². The lowest BCUT2D eigenvalue weighted by Crippen LogP contribution is -2.63. The number of likely N-dealkylation sites (tertiary alicyclic amines) is 1. The van der Waals surface area contributed by atoms with Gasteiger partial charge in [-0.3, -0.25) is 19.5 Å². The Kier molecular flexibility index (Phi) is 5.12. The zero-order valence-electron chi connectivity index (χ0n) is 21.8. The predicted molar refractivity (Wildman–Crippen MR) is 141 cm³/mol. The summed E-state index contributed by atoms with van der Waals surface area (Å²) in [6.45, 7) is 7.65. The van der Waals surface area contributed by atoms with Gasteiger partial charge in [-0.1, -0.05) is 13.8 Å². The Morgan fingerprint density at radius 2 is 1.85 bits per heavy atom. The molecule has 4 fully saturated rings. The third-order valence-electron chi connectivity index (χ3n) is 9.14. The van der Waals surface area contributed by atoms with Gasteiger partial charge in [0.25, 0.3) is 0 Å². The van der Waals surface area contributed by atoms with Crippen LogP contribution in [0.1, 0.15) is 42.8 Å². The van der Waals surface area contributed by atoms with Crippen LogP contribution in [-0.2, 0) is 22.3 Å². The van der Waals surface area contributed by atoms with E-state index in [1.807, 2.05) is 19.9 Å². The van der Waals surface area contributed by atoms with Gasteiger partial charge in [-0.25, -0.2) is 4.98 Å². The van der Waals surface area contributed by atoms with Gasteiger partial charge in [0.2, 0.25) is 11.8 Å². The first-order valence-electron chi connectivity index (χ1n) is 13.2. The highest BCUT2D eigenvalue weighted by Crippen LogP contribution is 2.63. The molecule has 204 valence electrons. The molecule has 2 aliphatic heterocycles. The second kappa shape index (κ2) is 8.00. The molecule has 4 aliphatic rings. The van der Waals surface area contributed by atoms with E-state index in [1.165, 1.54) is 16.2 Å². The first kappa shape index (κ1) is 25.0. The van der Waals surface area contributed by atoms with E-state index in [0.717, 1.165) is 36.9 Å². The Labute approximate surface area is 227 Å². The van der Waals surface area contributed by atoms with Crippen LogP contribution in [0.4, 0.5) is 18.9 Å². The maximum Gasteiger partial charge on any atom is 0.433 e. The van der Waals surface area contributed by atoms with Crippen molar-refractivity contribution in [2.45, 2.75) is 52.4 Å². The first-order chi connectivity index (χ1) is 18.4. The summed E-state index contributed by atoms with van der Waals surface area (Å²) in [6.07, 6.45) is -1.09. The molecule has 5 heterocycles. The van der Waals surface area contributed by atoms with Crippen molar-refractivity contribution < 1.29 is 22.8 Å². The summed E-state index contributed by atoms with van der Waals surface area (Å²) in [5.41, 5.74) is 1.56. The lowest BCUT2D eigenvalue weighted by molar-refractivity contribution is -0.144. The number of nitrogens with zero attached hydrogens (tertiary/aromatic N) is 3. The Balaban J connectivity index is 1.25. The second-order valence-electron chi connectivity index (χ2n) is 12.2. The summed E-state index contributed by atoms with van der Waals surface area (Å²) in [5.74, 6) is -0.829. The number of amides is 2. The van der Waals surface area contributed by atoms with E-state index < -0.39 is 11.9 Å². The minimum Gasteiger partial charge on any atom is -0.380 e. The van der Waals surface area contributed by atoms with Crippen LogP contribution < -0.4 is 10.6 Å². The van der Waals surface area contributed by atoms with Crippen molar-refractivity contribution in [1.82, 2.24) is 20.2 Å². The standard InChI is InChI=1S/C28H28F3N5O2S/c1-13-6-18(28(29,30)31)35-22(21(13)34-14-8-27(9-14)11-32-12-27)16-4-5-33-17-7-15(39-23(16)17)10-36-24(37)19-20(25(36)38)26(19,2)3/h4-7,14,19-20,32,34H,8-12H2,1-3H3. The third-order valence-corrected chi connectivity index (χ3v) is 10.3. The number of imide groups is 1. The van der Waals surface area contributed by atoms with E-state index in [4.69, 9.17) is 0 Å². The molecule has 2 saturated heterocycles. The lowest BCUT2D eigenvalue weighted by atomic mass is 9.61. The number of nitrogens with one attached hydrogen (secondary N) is 2. The van der Waals surface area contributed by atoms with Gasteiger partial charge in [-0.05, 0) is 54.4 Å². The number of pyridine rings is 2. The Morgan fingerprint density at radius 3 is 2.46 bits per heavy atom. The van der Waals surface area contributed by atoms with E-state index >= 15 is 0 Å². The number of hydrogen-bond donors (Lipinski definition) is 2. The van der Waals surface area contributed by atoms with E-state index in [1.54, 1.807) is 19.2 Å². The van der Waals surface area contributed by atoms with Crippen LogP contribution in [0.2, 0.25) is 0 Å². The number of aryl methyl sites for hydroxylation is 1. The number of piperidine rings is 1. The number of halogens is 3. The fourth-order valence-electron chi connectivity index (χ4n) is 6.82. The van der Waals surface area contributed by atoms with Gasteiger partial charge in [0.1, 0.15) is 5.69 Å². The van der Waals surface area contributed by atoms with Crippen LogP contribution >= 0.6 is 11.3 Å². The SMILES string of the molecule is Cc1cc(C(F)(F)F)nc(-c2ccnc3cc(CN4C(=O)C5C(C4=O)C5(C)C)sc23)c1NC1CC2(CNC2)C1. The highest BCUT2D eigenvalue weighted by Gasteiger charge is 2.72. The molecule has 11 heteroatoms. The summed E-state index contributed by atoms with van der Waals surface area (Å²) >= 11 is 1.34. The molecule has 2 N–H and O–H groups in total. The molecule has 3 aromatic heterocycles. The summed E-state index contributed by atoms with van der Waals surface area (Å²) in [6, 6.07) is 4.77. The number of aromatic nitrogens is 2. The van der Waals surface area contributed by atoms with Gasteiger partial charge in [-0.2, -0.15) is 13.2 Å². The van der Waals surface area contributed by atoms with E-state index in [0.29, 0.717) is 32.4 Å². The molecule has 0 radical (unpaired) electrons. The monoisotopic (exact) mass is 555 g/mol. The van der Waals surface area contributed by atoms with Crippen molar-refractivity contribution in [2.75, 3.05) is 18.4 Å². The number of rotatable bonds is 5. The largest absolute Gasteiger partial charge is 0.433 e. The van der Waals surface area contributed by atoms with Gasteiger partial charge < -0.3 is 10.6 Å². The zero-order chi connectivity index (χ0) is 27.5. The highest BCUT2D eigenvalue weighted by atomic mass is 32.1. The molecule has 2 aliphatic carbocycles. The topological polar surface area (TPSA) is 87.2 Å². The van der Waals surface area contributed by atoms with Crippen LogP contribution in [-0.4, -0.2) is 45.8 Å². The van der Waals surface area contributed by atoms with Crippen molar-refractivity contribution in [2.24, 2.45) is 22.7 Å². The summed E-state index contributed by atoms with van der Waals surface area (Å²) < 4.78 is 42.2. The Bertz CT molecular complexity index is 1530. The number of thiophene rings is 1. The van der Waals surface area contributed by atoms with Crippen LogP contribution in [0.3, 0.4) is 0 Å². The third kappa shape index (κ3) is 3.72. The van der Waals surface area contributed by atoms with Gasteiger partial charge in [-0.15, -0.1) is 11.3 Å². The smallest absolute Gasteiger partial charge is 0.380 e. The quantitative estimate of drug-likeness (QED) is 0.432. The van der Waals surface area contributed by atoms with E-state index in [9.17, 15) is 22.8 Å². The number of fused-ring (bicyclic) bond motifs is 2. The molecule has 7 rings (SSSR count). The number of hydrogen-bond acceptors (Lipinski definition) is 7. The first-order valence-corrected chi connectivity index (χ1v) is 14.0. The fraction of sp³-hybridized carbons (Fsp3) is 0.500. The van der Waals surface area contributed by atoms with Crippen molar-refractivity contribution >= 4 is 39.1 Å². The minimum atomic E-state index is -4.59. The predicted octanol–water partition coefficient (Wildman–Crippen LogP) is 4.99. The molecule has 39 heavy (non-hydrogen) atoms. The summed E-state index contributed by atoms with van der Waals surface area (Å²) in [7, 11) is 0. The van der Waals surface area contributed by atoms with Gasteiger partial charge in [0, 0.05) is 35.8 Å². The average Bonchev–Trinajstić information content (AvgIpc) is 3.06. The average molecular weight is 556 g/mol. The van der Waals surface area contributed by atoms with Gasteiger partial charge in [0.15, 0.2) is 0 Å². The molecule has 2 saturated carbocycles. The number of anilines is 1. The van der Waals surface area contributed by atoms with E-state index in [-0.39, 0.29) is 47.3 Å². The Hall–Kier alpha value is -3.05. The molecule has 2 atom stereocenters. The maximum absolute atomic E-state index is 13.8. The molecule has 0 aromatic carbocycles. The molecule has 2 unspecified atom stereocenters. The summed E-state index contributed by atoms with van der Waals surface area (Å²) in [5, 5.41) is 6.81. The van der Waals surface area contributed by atoms with E-state index in [2.05, 4.69) is 20.6 Å². The normalized spacial score (nSPS) is 26.5. The molecular formula is C28H28F3N5O2S. The number of carbonyl (C=O) groups is 2. The Morgan fingerprint density at radius 1 is 1.15 bits per heavy atom. The minimum absolute atomic E-state index is 0.138. The molecule has 0 bridgehead atoms. The van der Waals surface area contributed by atoms with Crippen LogP contribution in [0.5, 0.6) is 0 Å². The van der Waals surface area contributed by atoms with Gasteiger partial charge >= 0.3 is 6.18 Å². The van der Waals surface area contributed by atoms with Crippen molar-refractivity contribution in [3.05, 3.63) is 40.5 Å². The fourth-order valence-corrected chi connectivity index (χ4v) is 7.94. The van der Waals surface area contributed by atoms with Crippen LogP contribution in [0, 0.1) is 29.6 Å². The lowest BCUT2D eigenvalue weighted by Gasteiger charge is -2.54. The molecule has 2 amide bonds. The number of alkyl halides is 3. The van der Waals surface area contributed by atoms with Crippen molar-refractivity contribution in [1.29, 1.82) is 0 Å². The molecule has 1 spiro atoms. The molecule has 7 nitrogen and oxygen atoms in total. The molecular weight excluding hydrogens is 527 g/mol. The van der Waals surface area contributed by atoms with Crippen molar-refractivity contribution in [3.8, 4) is 11.3 Å². The maximum atomic E-state index is 13.8. The zero-order valence-corrected chi connectivity index (χ0v) is 22.6. The van der Waals surface area contributed by atoms with Crippen molar-refractivity contribution in [3.63, 3.8) is 0 Å². The van der Waals surface area contributed by atoms with Crippen LogP contribution in [0.25, 0.3) is 21.5 Å². The molecule has 3 aromatic rings.